The van der Waals surface area contributed by atoms with E-state index in [-0.39, 0.29) is 24.3 Å². The fourth-order valence-corrected chi connectivity index (χ4v) is 2.90. The summed E-state index contributed by atoms with van der Waals surface area (Å²) < 4.78 is 10.4. The van der Waals surface area contributed by atoms with Crippen LogP contribution < -0.4 is 15.5 Å². The van der Waals surface area contributed by atoms with Crippen LogP contribution in [0.3, 0.4) is 0 Å². The number of hydrogen-bond acceptors (Lipinski definition) is 5. The Hall–Kier alpha value is -2.61. The summed E-state index contributed by atoms with van der Waals surface area (Å²) in [5, 5.41) is 5.47. The molecule has 8 heteroatoms. The predicted octanol–water partition coefficient (Wildman–Crippen LogP) is 2.93. The summed E-state index contributed by atoms with van der Waals surface area (Å²) in [6, 6.07) is 6.30. The van der Waals surface area contributed by atoms with Crippen LogP contribution in [0.5, 0.6) is 0 Å². The summed E-state index contributed by atoms with van der Waals surface area (Å²) in [5.41, 5.74) is 0.691. The molecule has 0 aliphatic carbocycles. The number of amides is 3. The monoisotopic (exact) mass is 405 g/mol. The predicted molar refractivity (Wildman–Crippen MR) is 111 cm³/mol. The quantitative estimate of drug-likeness (QED) is 0.758. The van der Waals surface area contributed by atoms with Gasteiger partial charge in [-0.05, 0) is 57.4 Å². The lowest BCUT2D eigenvalue weighted by Crippen LogP contribution is -2.46. The van der Waals surface area contributed by atoms with Gasteiger partial charge in [0.15, 0.2) is 0 Å². The van der Waals surface area contributed by atoms with E-state index >= 15 is 0 Å². The van der Waals surface area contributed by atoms with Crippen LogP contribution in [0, 0.1) is 5.92 Å². The van der Waals surface area contributed by atoms with E-state index < -0.39 is 17.7 Å². The highest BCUT2D eigenvalue weighted by molar-refractivity contribution is 5.97. The Labute approximate surface area is 171 Å². The minimum atomic E-state index is -0.717. The van der Waals surface area contributed by atoms with Crippen LogP contribution >= 0.6 is 0 Å². The van der Waals surface area contributed by atoms with Crippen molar-refractivity contribution in [3.8, 4) is 0 Å². The third kappa shape index (κ3) is 7.38. The lowest BCUT2D eigenvalue weighted by molar-refractivity contribution is -0.125. The molecule has 0 spiro atoms. The van der Waals surface area contributed by atoms with E-state index in [0.29, 0.717) is 25.3 Å². The van der Waals surface area contributed by atoms with Crippen LogP contribution in [-0.4, -0.2) is 49.3 Å². The first-order chi connectivity index (χ1) is 13.5. The summed E-state index contributed by atoms with van der Waals surface area (Å²) in [5.74, 6) is -0.207. The van der Waals surface area contributed by atoms with Crippen molar-refractivity contribution in [2.24, 2.45) is 5.92 Å². The Bertz CT molecular complexity index is 725. The average molecular weight is 405 g/mol. The molecule has 1 heterocycles. The van der Waals surface area contributed by atoms with Crippen molar-refractivity contribution in [2.75, 3.05) is 30.0 Å². The highest BCUT2D eigenvalue weighted by atomic mass is 16.6. The highest BCUT2D eigenvalue weighted by Crippen LogP contribution is 2.20. The Morgan fingerprint density at radius 2 is 1.86 bits per heavy atom. The molecule has 0 aromatic heterocycles. The summed E-state index contributed by atoms with van der Waals surface area (Å²) in [7, 11) is 0. The van der Waals surface area contributed by atoms with Crippen molar-refractivity contribution in [2.45, 2.75) is 52.7 Å². The molecule has 2 rings (SSSR count). The normalized spacial score (nSPS) is 15.8. The Morgan fingerprint density at radius 3 is 2.41 bits per heavy atom. The molecule has 1 aliphatic heterocycles. The summed E-state index contributed by atoms with van der Waals surface area (Å²) in [6.07, 6.45) is -0.148. The second kappa shape index (κ2) is 9.73. The van der Waals surface area contributed by atoms with Crippen molar-refractivity contribution < 1.29 is 23.9 Å². The Balaban J connectivity index is 2.02. The fourth-order valence-electron chi connectivity index (χ4n) is 2.90. The topological polar surface area (TPSA) is 97.0 Å². The molecule has 0 unspecified atom stereocenters. The van der Waals surface area contributed by atoms with Crippen molar-refractivity contribution >= 4 is 29.3 Å². The number of morpholine rings is 1. The van der Waals surface area contributed by atoms with Crippen molar-refractivity contribution in [3.63, 3.8) is 0 Å². The molecule has 1 fully saturated rings. The molecule has 1 aromatic carbocycles. The maximum atomic E-state index is 12.7. The van der Waals surface area contributed by atoms with E-state index in [1.807, 2.05) is 13.8 Å². The highest BCUT2D eigenvalue weighted by Gasteiger charge is 2.25. The Morgan fingerprint density at radius 1 is 1.21 bits per heavy atom. The second-order valence-corrected chi connectivity index (χ2v) is 8.46. The fraction of sp³-hybridized carbons (Fsp3) is 0.571. The molecule has 1 atom stereocenters. The molecule has 1 aliphatic rings. The van der Waals surface area contributed by atoms with Crippen LogP contribution in [0.15, 0.2) is 24.3 Å². The molecule has 160 valence electrons. The molecule has 29 heavy (non-hydrogen) atoms. The standard InChI is InChI=1S/C21H31N3O5/c1-14(2)12-17(23-20(27)29-21(3,4)5)19(26)22-15-6-8-16(9-7-15)24-10-11-28-13-18(24)25/h6-9,14,17H,10-13H2,1-5H3,(H,22,26)(H,23,27)/t17-/m1/s1. The van der Waals surface area contributed by atoms with Crippen LogP contribution in [0.1, 0.15) is 41.0 Å². The summed E-state index contributed by atoms with van der Waals surface area (Å²) >= 11 is 0. The SMILES string of the molecule is CC(C)C[C@@H](NC(=O)OC(C)(C)C)C(=O)Nc1ccc(N2CCOCC2=O)cc1. The van der Waals surface area contributed by atoms with Gasteiger partial charge in [0.1, 0.15) is 18.2 Å². The van der Waals surface area contributed by atoms with Gasteiger partial charge in [0, 0.05) is 17.9 Å². The van der Waals surface area contributed by atoms with E-state index in [0.717, 1.165) is 5.69 Å². The maximum absolute atomic E-state index is 12.7. The molecule has 2 N–H and O–H groups in total. The van der Waals surface area contributed by atoms with E-state index in [4.69, 9.17) is 9.47 Å². The maximum Gasteiger partial charge on any atom is 0.408 e. The van der Waals surface area contributed by atoms with Crippen LogP contribution in [0.25, 0.3) is 0 Å². The molecular formula is C21H31N3O5. The zero-order valence-corrected chi connectivity index (χ0v) is 17.8. The number of carbonyl (C=O) groups excluding carboxylic acids is 3. The lowest BCUT2D eigenvalue weighted by atomic mass is 10.0. The van der Waals surface area contributed by atoms with Gasteiger partial charge in [0.25, 0.3) is 5.91 Å². The van der Waals surface area contributed by atoms with E-state index in [1.54, 1.807) is 49.9 Å². The Kier molecular flexibility index (Phi) is 7.61. The first-order valence-corrected chi connectivity index (χ1v) is 9.83. The van der Waals surface area contributed by atoms with Gasteiger partial charge < -0.3 is 25.0 Å². The van der Waals surface area contributed by atoms with Crippen molar-refractivity contribution in [1.82, 2.24) is 5.32 Å². The van der Waals surface area contributed by atoms with Gasteiger partial charge in [-0.2, -0.15) is 0 Å². The largest absolute Gasteiger partial charge is 0.444 e. The number of carbonyl (C=O) groups is 3. The smallest absolute Gasteiger partial charge is 0.408 e. The van der Waals surface area contributed by atoms with Gasteiger partial charge in [0.2, 0.25) is 5.91 Å². The van der Waals surface area contributed by atoms with Gasteiger partial charge in [0.05, 0.1) is 6.61 Å². The van der Waals surface area contributed by atoms with Gasteiger partial charge in [-0.3, -0.25) is 9.59 Å². The number of rotatable bonds is 6. The third-order valence-electron chi connectivity index (χ3n) is 4.15. The van der Waals surface area contributed by atoms with Crippen molar-refractivity contribution in [1.29, 1.82) is 0 Å². The average Bonchev–Trinajstić information content (AvgIpc) is 2.60. The lowest BCUT2D eigenvalue weighted by Gasteiger charge is -2.27. The number of alkyl carbamates (subject to hydrolysis) is 1. The number of nitrogens with one attached hydrogen (secondary N) is 2. The number of anilines is 2. The molecule has 0 bridgehead atoms. The van der Waals surface area contributed by atoms with Crippen LogP contribution in [-0.2, 0) is 19.1 Å². The van der Waals surface area contributed by atoms with E-state index in [2.05, 4.69) is 10.6 Å². The molecular weight excluding hydrogens is 374 g/mol. The molecule has 1 saturated heterocycles. The van der Waals surface area contributed by atoms with E-state index in [9.17, 15) is 14.4 Å². The molecule has 0 radical (unpaired) electrons. The number of nitrogens with zero attached hydrogens (tertiary/aromatic N) is 1. The number of benzene rings is 1. The minimum absolute atomic E-state index is 0.0751. The van der Waals surface area contributed by atoms with Gasteiger partial charge in [-0.1, -0.05) is 13.8 Å². The zero-order chi connectivity index (χ0) is 21.6. The number of hydrogen-bond donors (Lipinski definition) is 2. The summed E-state index contributed by atoms with van der Waals surface area (Å²) in [6.45, 7) is 10.3. The molecule has 1 aromatic rings. The molecule has 0 saturated carbocycles. The zero-order valence-electron chi connectivity index (χ0n) is 17.8. The summed E-state index contributed by atoms with van der Waals surface area (Å²) in [4.78, 5) is 38.4. The number of ether oxygens (including phenoxy) is 2. The second-order valence-electron chi connectivity index (χ2n) is 8.46. The van der Waals surface area contributed by atoms with Crippen molar-refractivity contribution in [3.05, 3.63) is 24.3 Å². The molecule has 8 nitrogen and oxygen atoms in total. The van der Waals surface area contributed by atoms with Gasteiger partial charge >= 0.3 is 6.09 Å². The van der Waals surface area contributed by atoms with Gasteiger partial charge in [-0.25, -0.2) is 4.79 Å². The first kappa shape index (κ1) is 22.7. The minimum Gasteiger partial charge on any atom is -0.444 e. The third-order valence-corrected chi connectivity index (χ3v) is 4.15. The van der Waals surface area contributed by atoms with E-state index in [1.165, 1.54) is 0 Å². The van der Waals surface area contributed by atoms with Crippen LogP contribution in [0.2, 0.25) is 0 Å². The van der Waals surface area contributed by atoms with Gasteiger partial charge in [-0.15, -0.1) is 0 Å². The van der Waals surface area contributed by atoms with Crippen LogP contribution in [0.4, 0.5) is 16.2 Å². The molecule has 3 amide bonds. The first-order valence-electron chi connectivity index (χ1n) is 9.83.